The maximum absolute atomic E-state index is 11.7. The van der Waals surface area contributed by atoms with Crippen LogP contribution in [0.15, 0.2) is 35.5 Å². The van der Waals surface area contributed by atoms with E-state index >= 15 is 0 Å². The number of fused-ring (bicyclic) bond motifs is 1. The smallest absolute Gasteiger partial charge is 0.274 e. The van der Waals surface area contributed by atoms with Gasteiger partial charge in [-0.15, -0.1) is 0 Å². The van der Waals surface area contributed by atoms with Crippen LogP contribution in [0.3, 0.4) is 0 Å². The van der Waals surface area contributed by atoms with Gasteiger partial charge in [0.15, 0.2) is 0 Å². The number of aryl methyl sites for hydroxylation is 1. The summed E-state index contributed by atoms with van der Waals surface area (Å²) in [7, 11) is 1.83. The van der Waals surface area contributed by atoms with Crippen molar-refractivity contribution in [2.24, 2.45) is 7.05 Å². The summed E-state index contributed by atoms with van der Waals surface area (Å²) in [5.41, 5.74) is 1.74. The minimum atomic E-state index is -0.166. The van der Waals surface area contributed by atoms with Crippen molar-refractivity contribution in [2.45, 2.75) is 0 Å². The number of H-pyrrole nitrogens is 1. The van der Waals surface area contributed by atoms with Crippen molar-refractivity contribution in [3.05, 3.63) is 41.1 Å². The summed E-state index contributed by atoms with van der Waals surface area (Å²) in [5.74, 6) is 0. The molecule has 16 heavy (non-hydrogen) atoms. The fourth-order valence-electron chi connectivity index (χ4n) is 1.63. The lowest BCUT2D eigenvalue weighted by molar-refractivity contribution is 0.769. The van der Waals surface area contributed by atoms with Crippen LogP contribution in [-0.4, -0.2) is 24.4 Å². The van der Waals surface area contributed by atoms with Gasteiger partial charge in [0, 0.05) is 13.2 Å². The molecule has 0 amide bonds. The van der Waals surface area contributed by atoms with E-state index in [-0.39, 0.29) is 5.56 Å². The first-order chi connectivity index (χ1) is 7.74. The molecule has 0 radical (unpaired) electrons. The van der Waals surface area contributed by atoms with Crippen molar-refractivity contribution in [1.29, 1.82) is 0 Å². The molecule has 0 saturated heterocycles. The van der Waals surface area contributed by atoms with Crippen LogP contribution >= 0.6 is 0 Å². The van der Waals surface area contributed by atoms with E-state index in [9.17, 15) is 4.79 Å². The third-order valence-corrected chi connectivity index (χ3v) is 2.39. The zero-order valence-corrected chi connectivity index (χ0v) is 8.58. The van der Waals surface area contributed by atoms with Crippen LogP contribution in [0, 0.1) is 0 Å². The molecule has 80 valence electrons. The monoisotopic (exact) mass is 215 g/mol. The number of hydrogen-bond acceptors (Lipinski definition) is 3. The first kappa shape index (κ1) is 8.90. The van der Waals surface area contributed by atoms with Gasteiger partial charge in [-0.3, -0.25) is 9.48 Å². The molecule has 0 spiro atoms. The highest BCUT2D eigenvalue weighted by Crippen LogP contribution is 2.11. The van der Waals surface area contributed by atoms with Gasteiger partial charge < -0.3 is 4.98 Å². The highest BCUT2D eigenvalue weighted by molar-refractivity contribution is 5.55. The van der Waals surface area contributed by atoms with Crippen LogP contribution in [0.25, 0.3) is 16.9 Å². The zero-order valence-electron chi connectivity index (χ0n) is 8.58. The second-order valence-corrected chi connectivity index (χ2v) is 3.53. The minimum absolute atomic E-state index is 0.166. The molecule has 0 aliphatic heterocycles. The average Bonchev–Trinajstić information content (AvgIpc) is 2.85. The molecule has 6 heteroatoms. The van der Waals surface area contributed by atoms with E-state index in [1.807, 2.05) is 19.3 Å². The van der Waals surface area contributed by atoms with Gasteiger partial charge in [0.1, 0.15) is 11.2 Å². The van der Waals surface area contributed by atoms with E-state index in [1.54, 1.807) is 27.7 Å². The molecule has 0 bridgehead atoms. The summed E-state index contributed by atoms with van der Waals surface area (Å²) >= 11 is 0. The molecule has 0 aliphatic rings. The molecule has 1 N–H and O–H groups in total. The summed E-state index contributed by atoms with van der Waals surface area (Å²) < 4.78 is 3.23. The molecule has 6 nitrogen and oxygen atoms in total. The van der Waals surface area contributed by atoms with Crippen molar-refractivity contribution >= 4 is 5.52 Å². The Morgan fingerprint density at radius 3 is 3.00 bits per heavy atom. The van der Waals surface area contributed by atoms with E-state index in [4.69, 9.17) is 0 Å². The third-order valence-electron chi connectivity index (χ3n) is 2.39. The van der Waals surface area contributed by atoms with Gasteiger partial charge >= 0.3 is 0 Å². The standard InChI is InChI=1S/C10H9N5O/c1-14-5-3-7(13-14)8-6-15-9(2-4-11-15)10(16)12-8/h2-6H,1H3,(H,12,16). The maximum atomic E-state index is 11.7. The summed E-state index contributed by atoms with van der Waals surface area (Å²) in [5, 5.41) is 8.25. The molecule has 3 heterocycles. The quantitative estimate of drug-likeness (QED) is 0.639. The van der Waals surface area contributed by atoms with E-state index in [0.717, 1.165) is 5.69 Å². The number of aromatic nitrogens is 5. The zero-order chi connectivity index (χ0) is 11.1. The topological polar surface area (TPSA) is 68.0 Å². The van der Waals surface area contributed by atoms with Crippen LogP contribution in [-0.2, 0) is 7.05 Å². The van der Waals surface area contributed by atoms with Crippen molar-refractivity contribution < 1.29 is 0 Å². The van der Waals surface area contributed by atoms with Gasteiger partial charge in [-0.2, -0.15) is 10.2 Å². The maximum Gasteiger partial charge on any atom is 0.274 e. The Balaban J connectivity index is 2.28. The molecule has 3 rings (SSSR count). The van der Waals surface area contributed by atoms with Crippen LogP contribution in [0.5, 0.6) is 0 Å². The summed E-state index contributed by atoms with van der Waals surface area (Å²) in [6.07, 6.45) is 5.16. The van der Waals surface area contributed by atoms with Crippen molar-refractivity contribution in [3.8, 4) is 11.4 Å². The van der Waals surface area contributed by atoms with E-state index in [2.05, 4.69) is 15.2 Å². The first-order valence-electron chi connectivity index (χ1n) is 4.81. The summed E-state index contributed by atoms with van der Waals surface area (Å²) in [4.78, 5) is 14.5. The number of rotatable bonds is 1. The Morgan fingerprint density at radius 1 is 1.38 bits per heavy atom. The summed E-state index contributed by atoms with van der Waals surface area (Å²) in [6.45, 7) is 0. The summed E-state index contributed by atoms with van der Waals surface area (Å²) in [6, 6.07) is 3.50. The average molecular weight is 215 g/mol. The van der Waals surface area contributed by atoms with Crippen LogP contribution < -0.4 is 5.56 Å². The Kier molecular flexibility index (Phi) is 1.70. The highest BCUT2D eigenvalue weighted by Gasteiger charge is 2.06. The first-order valence-corrected chi connectivity index (χ1v) is 4.81. The number of nitrogens with zero attached hydrogens (tertiary/aromatic N) is 4. The van der Waals surface area contributed by atoms with Crippen molar-refractivity contribution in [2.75, 3.05) is 0 Å². The molecular formula is C10H9N5O. The molecule has 0 saturated carbocycles. The molecule has 0 fully saturated rings. The Bertz CT molecular complexity index is 705. The van der Waals surface area contributed by atoms with Gasteiger partial charge in [-0.05, 0) is 12.1 Å². The predicted octanol–water partition coefficient (Wildman–Crippen LogP) is 0.423. The van der Waals surface area contributed by atoms with Crippen LogP contribution in [0.4, 0.5) is 0 Å². The lowest BCUT2D eigenvalue weighted by Gasteiger charge is -1.98. The van der Waals surface area contributed by atoms with Crippen LogP contribution in [0.1, 0.15) is 0 Å². The van der Waals surface area contributed by atoms with Gasteiger partial charge in [-0.25, -0.2) is 4.52 Å². The molecule has 0 atom stereocenters. The molecule has 3 aromatic rings. The molecular weight excluding hydrogens is 206 g/mol. The fraction of sp³-hybridized carbons (Fsp3) is 0.100. The van der Waals surface area contributed by atoms with Gasteiger partial charge in [-0.1, -0.05) is 0 Å². The van der Waals surface area contributed by atoms with Crippen molar-refractivity contribution in [1.82, 2.24) is 24.4 Å². The van der Waals surface area contributed by atoms with Gasteiger partial charge in [0.25, 0.3) is 5.56 Å². The largest absolute Gasteiger partial charge is 0.317 e. The Hall–Kier alpha value is -2.37. The number of hydrogen-bond donors (Lipinski definition) is 1. The van der Waals surface area contributed by atoms with Gasteiger partial charge in [0.05, 0.1) is 18.1 Å². The van der Waals surface area contributed by atoms with E-state index < -0.39 is 0 Å². The van der Waals surface area contributed by atoms with E-state index in [1.165, 1.54) is 0 Å². The second kappa shape index (κ2) is 3.06. The normalized spacial score (nSPS) is 11.1. The highest BCUT2D eigenvalue weighted by atomic mass is 16.1. The number of aromatic amines is 1. The Labute approximate surface area is 90.1 Å². The SMILES string of the molecule is Cn1ccc(-c2cn3nccc3c(=O)[nH]2)n1. The lowest BCUT2D eigenvalue weighted by Crippen LogP contribution is -2.11. The molecule has 0 aliphatic carbocycles. The van der Waals surface area contributed by atoms with E-state index in [0.29, 0.717) is 11.2 Å². The second-order valence-electron chi connectivity index (χ2n) is 3.53. The van der Waals surface area contributed by atoms with Crippen molar-refractivity contribution in [3.63, 3.8) is 0 Å². The molecule has 0 aromatic carbocycles. The molecule has 3 aromatic heterocycles. The number of nitrogens with one attached hydrogen (secondary N) is 1. The third kappa shape index (κ3) is 1.23. The predicted molar refractivity (Wildman–Crippen MR) is 58.0 cm³/mol. The minimum Gasteiger partial charge on any atom is -0.317 e. The Morgan fingerprint density at radius 2 is 2.25 bits per heavy atom. The molecule has 0 unspecified atom stereocenters. The van der Waals surface area contributed by atoms with Crippen LogP contribution in [0.2, 0.25) is 0 Å². The van der Waals surface area contributed by atoms with Gasteiger partial charge in [0.2, 0.25) is 0 Å². The lowest BCUT2D eigenvalue weighted by atomic mass is 10.3. The fourth-order valence-corrected chi connectivity index (χ4v) is 1.63.